The van der Waals surface area contributed by atoms with Crippen molar-refractivity contribution in [2.75, 3.05) is 0 Å². The summed E-state index contributed by atoms with van der Waals surface area (Å²) in [6.45, 7) is 0. The summed E-state index contributed by atoms with van der Waals surface area (Å²) in [5.74, 6) is 1.89. The minimum Gasteiger partial charge on any atom is -0.309 e. The number of para-hydroxylation sites is 2. The van der Waals surface area contributed by atoms with Crippen molar-refractivity contribution in [3.8, 4) is 67.8 Å². The fourth-order valence-electron chi connectivity index (χ4n) is 9.83. The minimum atomic E-state index is 0.622. The van der Waals surface area contributed by atoms with Crippen molar-refractivity contribution in [1.29, 1.82) is 0 Å². The third-order valence-corrected chi connectivity index (χ3v) is 13.0. The lowest BCUT2D eigenvalue weighted by molar-refractivity contribution is 1.07. The molecule has 5 nitrogen and oxygen atoms in total. The molecule has 0 N–H and O–H groups in total. The average Bonchev–Trinajstić information content (AvgIpc) is 3.90. The third-order valence-electron chi connectivity index (χ3n) is 13.0. The van der Waals surface area contributed by atoms with Crippen molar-refractivity contribution in [1.82, 2.24) is 24.1 Å². The lowest BCUT2D eigenvalue weighted by Crippen LogP contribution is -2.00. The molecule has 0 bridgehead atoms. The van der Waals surface area contributed by atoms with Crippen LogP contribution in [0.25, 0.3) is 122 Å². The SMILES string of the molecule is c1ccc(-c2cccc(-n3c4ccccc4c4cc5c(cc43)c3ccccc3n5-c3ccc(-c4nc(-c5ccccc5)nc(-c5ccc(-c6cccc7ccccc67)cc5)n4)cc3)c2)cc1. The zero-order chi connectivity index (χ0) is 43.6. The smallest absolute Gasteiger partial charge is 0.164 e. The summed E-state index contributed by atoms with van der Waals surface area (Å²) >= 11 is 0. The van der Waals surface area contributed by atoms with Gasteiger partial charge in [-0.2, -0.15) is 0 Å². The van der Waals surface area contributed by atoms with Crippen molar-refractivity contribution in [3.05, 3.63) is 237 Å². The second-order valence-corrected chi connectivity index (χ2v) is 16.8. The van der Waals surface area contributed by atoms with Crippen LogP contribution in [0.15, 0.2) is 237 Å². The Balaban J connectivity index is 0.924. The van der Waals surface area contributed by atoms with Crippen LogP contribution in [0.3, 0.4) is 0 Å². The molecule has 3 aromatic heterocycles. The lowest BCUT2D eigenvalue weighted by atomic mass is 9.97. The van der Waals surface area contributed by atoms with Gasteiger partial charge in [-0.05, 0) is 93.7 Å². The molecule has 0 fully saturated rings. The summed E-state index contributed by atoms with van der Waals surface area (Å²) in [6, 6.07) is 84.1. The van der Waals surface area contributed by atoms with Gasteiger partial charge in [0.25, 0.3) is 0 Å². The number of hydrogen-bond donors (Lipinski definition) is 0. The molecule has 10 aromatic carbocycles. The first-order valence-electron chi connectivity index (χ1n) is 22.3. The van der Waals surface area contributed by atoms with Crippen LogP contribution in [0.4, 0.5) is 0 Å². The molecule has 0 amide bonds. The van der Waals surface area contributed by atoms with Gasteiger partial charge in [-0.15, -0.1) is 0 Å². The Morgan fingerprint density at radius 2 is 0.682 bits per heavy atom. The van der Waals surface area contributed by atoms with E-state index in [0.717, 1.165) is 44.7 Å². The molecule has 0 radical (unpaired) electrons. The van der Waals surface area contributed by atoms with Crippen LogP contribution in [0.1, 0.15) is 0 Å². The Hall–Kier alpha value is -8.93. The van der Waals surface area contributed by atoms with Gasteiger partial charge in [-0.3, -0.25) is 0 Å². The molecule has 0 aliphatic heterocycles. The van der Waals surface area contributed by atoms with Gasteiger partial charge in [-0.1, -0.05) is 176 Å². The topological polar surface area (TPSA) is 48.5 Å². The highest BCUT2D eigenvalue weighted by atomic mass is 15.0. The zero-order valence-corrected chi connectivity index (χ0v) is 35.8. The quantitative estimate of drug-likeness (QED) is 0.161. The van der Waals surface area contributed by atoms with Gasteiger partial charge < -0.3 is 9.13 Å². The lowest BCUT2D eigenvalue weighted by Gasteiger charge is -2.12. The molecule has 308 valence electrons. The molecule has 0 unspecified atom stereocenters. The number of aromatic nitrogens is 5. The maximum Gasteiger partial charge on any atom is 0.164 e. The second kappa shape index (κ2) is 15.4. The van der Waals surface area contributed by atoms with Gasteiger partial charge in [0.05, 0.1) is 22.1 Å². The van der Waals surface area contributed by atoms with E-state index in [-0.39, 0.29) is 0 Å². The minimum absolute atomic E-state index is 0.622. The van der Waals surface area contributed by atoms with E-state index in [0.29, 0.717) is 17.5 Å². The number of nitrogens with zero attached hydrogens (tertiary/aromatic N) is 5. The maximum atomic E-state index is 5.13. The first-order valence-corrected chi connectivity index (χ1v) is 22.3. The van der Waals surface area contributed by atoms with E-state index >= 15 is 0 Å². The monoisotopic (exact) mass is 841 g/mol. The van der Waals surface area contributed by atoms with E-state index in [4.69, 9.17) is 15.0 Å². The number of benzene rings is 10. The largest absolute Gasteiger partial charge is 0.309 e. The Labute approximate surface area is 381 Å². The van der Waals surface area contributed by atoms with E-state index < -0.39 is 0 Å². The first-order chi connectivity index (χ1) is 32.7. The van der Waals surface area contributed by atoms with Crippen molar-refractivity contribution in [2.24, 2.45) is 0 Å². The van der Waals surface area contributed by atoms with Gasteiger partial charge in [0.15, 0.2) is 17.5 Å². The van der Waals surface area contributed by atoms with Crippen LogP contribution >= 0.6 is 0 Å². The summed E-state index contributed by atoms with van der Waals surface area (Å²) < 4.78 is 4.81. The van der Waals surface area contributed by atoms with Gasteiger partial charge in [0.2, 0.25) is 0 Å². The Bertz CT molecular complexity index is 3960. The molecular formula is C61H39N5. The van der Waals surface area contributed by atoms with Gasteiger partial charge in [0.1, 0.15) is 0 Å². The van der Waals surface area contributed by atoms with Gasteiger partial charge >= 0.3 is 0 Å². The third kappa shape index (κ3) is 6.28. The highest BCUT2D eigenvalue weighted by Crippen LogP contribution is 2.40. The van der Waals surface area contributed by atoms with E-state index in [1.807, 2.05) is 30.3 Å². The van der Waals surface area contributed by atoms with E-state index in [2.05, 4.69) is 215 Å². The normalized spacial score (nSPS) is 11.6. The highest BCUT2D eigenvalue weighted by molar-refractivity contribution is 6.19. The molecule has 0 saturated heterocycles. The zero-order valence-electron chi connectivity index (χ0n) is 35.8. The number of hydrogen-bond acceptors (Lipinski definition) is 3. The average molecular weight is 842 g/mol. The molecule has 13 rings (SSSR count). The van der Waals surface area contributed by atoms with Crippen LogP contribution in [0, 0.1) is 0 Å². The van der Waals surface area contributed by atoms with Gasteiger partial charge in [0, 0.05) is 49.6 Å². The van der Waals surface area contributed by atoms with E-state index in [9.17, 15) is 0 Å². The standard InChI is InChI=1S/C61H39N5/c1-3-15-40(16-4-1)46-21-13-22-48(37-46)66-56-28-12-10-25-52(56)54-38-57-53(39-58(54)66)51-24-9-11-27-55(51)65(57)47-35-33-45(34-36-47)61-63-59(43-18-5-2-6-19-43)62-60(64-61)44-31-29-42(30-32-44)50-26-14-20-41-17-7-8-23-49(41)50/h1-39H. The molecule has 0 aliphatic rings. The fourth-order valence-corrected chi connectivity index (χ4v) is 9.83. The first kappa shape index (κ1) is 37.6. The molecule has 5 heteroatoms. The molecule has 0 spiro atoms. The van der Waals surface area contributed by atoms with E-state index in [1.54, 1.807) is 0 Å². The fraction of sp³-hybridized carbons (Fsp3) is 0. The predicted octanol–water partition coefficient (Wildman–Crippen LogP) is 15.6. The van der Waals surface area contributed by atoms with Crippen molar-refractivity contribution < 1.29 is 0 Å². The summed E-state index contributed by atoms with van der Waals surface area (Å²) in [5, 5.41) is 7.28. The summed E-state index contributed by atoms with van der Waals surface area (Å²) in [7, 11) is 0. The number of fused-ring (bicyclic) bond motifs is 7. The van der Waals surface area contributed by atoms with Crippen LogP contribution in [-0.4, -0.2) is 24.1 Å². The van der Waals surface area contributed by atoms with E-state index in [1.165, 1.54) is 60.0 Å². The summed E-state index contributed by atoms with van der Waals surface area (Å²) in [6.07, 6.45) is 0. The highest BCUT2D eigenvalue weighted by Gasteiger charge is 2.20. The maximum absolute atomic E-state index is 5.13. The Morgan fingerprint density at radius 3 is 1.30 bits per heavy atom. The van der Waals surface area contributed by atoms with Crippen molar-refractivity contribution >= 4 is 54.4 Å². The van der Waals surface area contributed by atoms with Crippen molar-refractivity contribution in [3.63, 3.8) is 0 Å². The summed E-state index contributed by atoms with van der Waals surface area (Å²) in [4.78, 5) is 15.2. The van der Waals surface area contributed by atoms with Crippen LogP contribution in [0.2, 0.25) is 0 Å². The molecule has 0 saturated carbocycles. The van der Waals surface area contributed by atoms with Crippen LogP contribution in [-0.2, 0) is 0 Å². The molecule has 13 aromatic rings. The molecule has 0 aliphatic carbocycles. The predicted molar refractivity (Wildman–Crippen MR) is 273 cm³/mol. The van der Waals surface area contributed by atoms with Crippen LogP contribution in [0.5, 0.6) is 0 Å². The second-order valence-electron chi connectivity index (χ2n) is 16.8. The van der Waals surface area contributed by atoms with Crippen LogP contribution < -0.4 is 0 Å². The molecule has 66 heavy (non-hydrogen) atoms. The molecular weight excluding hydrogens is 803 g/mol. The Morgan fingerprint density at radius 1 is 0.242 bits per heavy atom. The van der Waals surface area contributed by atoms with Gasteiger partial charge in [-0.25, -0.2) is 15.0 Å². The van der Waals surface area contributed by atoms with Crippen molar-refractivity contribution in [2.45, 2.75) is 0 Å². The number of rotatable bonds is 7. The Kier molecular flexibility index (Phi) is 8.78. The molecule has 3 heterocycles. The molecule has 0 atom stereocenters. The summed E-state index contributed by atoms with van der Waals surface area (Å²) in [5.41, 5.74) is 14.4.